The second-order valence-electron chi connectivity index (χ2n) is 3.85. The predicted molar refractivity (Wildman–Crippen MR) is 68.7 cm³/mol. The SMILES string of the molecule is Cc1ccc(-n2ccc(Cl)c(C(=O)O)c2=O)cc1. The van der Waals surface area contributed by atoms with Crippen molar-refractivity contribution in [2.45, 2.75) is 6.92 Å². The van der Waals surface area contributed by atoms with E-state index in [9.17, 15) is 9.59 Å². The highest BCUT2D eigenvalue weighted by atomic mass is 35.5. The van der Waals surface area contributed by atoms with Crippen molar-refractivity contribution < 1.29 is 9.90 Å². The quantitative estimate of drug-likeness (QED) is 0.906. The standard InChI is InChI=1S/C13H10ClNO3/c1-8-2-4-9(5-3-8)15-7-6-10(14)11(12(15)16)13(17)18/h2-7H,1H3,(H,17,18). The maximum absolute atomic E-state index is 12.0. The van der Waals surface area contributed by atoms with E-state index in [1.165, 1.54) is 16.8 Å². The summed E-state index contributed by atoms with van der Waals surface area (Å²) in [5.41, 5.74) is 0.600. The Morgan fingerprint density at radius 1 is 1.22 bits per heavy atom. The number of halogens is 1. The molecule has 0 saturated heterocycles. The molecule has 1 N–H and O–H groups in total. The number of aryl methyl sites for hydroxylation is 1. The number of carboxylic acids is 1. The van der Waals surface area contributed by atoms with Crippen LogP contribution in [0.25, 0.3) is 5.69 Å². The number of benzene rings is 1. The molecular weight excluding hydrogens is 254 g/mol. The number of hydrogen-bond donors (Lipinski definition) is 1. The molecule has 0 amide bonds. The summed E-state index contributed by atoms with van der Waals surface area (Å²) in [7, 11) is 0. The minimum Gasteiger partial charge on any atom is -0.477 e. The van der Waals surface area contributed by atoms with Crippen molar-refractivity contribution in [3.05, 3.63) is 63.0 Å². The summed E-state index contributed by atoms with van der Waals surface area (Å²) in [6, 6.07) is 8.58. The summed E-state index contributed by atoms with van der Waals surface area (Å²) < 4.78 is 1.26. The van der Waals surface area contributed by atoms with E-state index in [0.717, 1.165) is 5.56 Å². The lowest BCUT2D eigenvalue weighted by Crippen LogP contribution is -2.25. The number of pyridine rings is 1. The van der Waals surface area contributed by atoms with E-state index in [4.69, 9.17) is 16.7 Å². The number of aromatic nitrogens is 1. The number of rotatable bonds is 2. The van der Waals surface area contributed by atoms with Crippen molar-refractivity contribution in [1.82, 2.24) is 4.57 Å². The van der Waals surface area contributed by atoms with Gasteiger partial charge in [0, 0.05) is 11.9 Å². The Labute approximate surface area is 108 Å². The first-order valence-corrected chi connectivity index (χ1v) is 5.60. The normalized spacial score (nSPS) is 10.3. The van der Waals surface area contributed by atoms with Crippen LogP contribution in [0, 0.1) is 6.92 Å². The van der Waals surface area contributed by atoms with Gasteiger partial charge in [-0.3, -0.25) is 9.36 Å². The smallest absolute Gasteiger partial charge is 0.342 e. The van der Waals surface area contributed by atoms with Crippen molar-refractivity contribution in [3.63, 3.8) is 0 Å². The Hall–Kier alpha value is -2.07. The average Bonchev–Trinajstić information content (AvgIpc) is 2.30. The maximum Gasteiger partial charge on any atom is 0.342 e. The maximum atomic E-state index is 12.0. The van der Waals surface area contributed by atoms with Crippen molar-refractivity contribution >= 4 is 17.6 Å². The molecule has 5 heteroatoms. The van der Waals surface area contributed by atoms with Gasteiger partial charge in [0.1, 0.15) is 5.56 Å². The second-order valence-corrected chi connectivity index (χ2v) is 4.26. The van der Waals surface area contributed by atoms with Gasteiger partial charge in [-0.2, -0.15) is 0 Å². The molecule has 0 radical (unpaired) electrons. The van der Waals surface area contributed by atoms with Crippen LogP contribution in [0.5, 0.6) is 0 Å². The molecule has 1 aromatic heterocycles. The number of hydrogen-bond acceptors (Lipinski definition) is 2. The summed E-state index contributed by atoms with van der Waals surface area (Å²) in [6.45, 7) is 1.93. The fourth-order valence-corrected chi connectivity index (χ4v) is 1.83. The molecule has 0 unspecified atom stereocenters. The van der Waals surface area contributed by atoms with Crippen LogP contribution in [-0.2, 0) is 0 Å². The first-order valence-electron chi connectivity index (χ1n) is 5.22. The number of carboxylic acid groups (broad SMARTS) is 1. The number of carbonyl (C=O) groups is 1. The molecule has 1 heterocycles. The third-order valence-electron chi connectivity index (χ3n) is 2.57. The average molecular weight is 264 g/mol. The minimum atomic E-state index is -1.33. The van der Waals surface area contributed by atoms with Gasteiger partial charge in [0.05, 0.1) is 5.02 Å². The Morgan fingerprint density at radius 3 is 2.39 bits per heavy atom. The molecule has 4 nitrogen and oxygen atoms in total. The number of nitrogens with zero attached hydrogens (tertiary/aromatic N) is 1. The van der Waals surface area contributed by atoms with Crippen LogP contribution in [0.2, 0.25) is 5.02 Å². The van der Waals surface area contributed by atoms with Crippen LogP contribution < -0.4 is 5.56 Å². The fraction of sp³-hybridized carbons (Fsp3) is 0.0769. The Bertz CT molecular complexity index is 659. The largest absolute Gasteiger partial charge is 0.477 e. The Morgan fingerprint density at radius 2 is 1.83 bits per heavy atom. The van der Waals surface area contributed by atoms with Crippen molar-refractivity contribution in [1.29, 1.82) is 0 Å². The molecule has 0 bridgehead atoms. The van der Waals surface area contributed by atoms with Crippen LogP contribution in [0.15, 0.2) is 41.3 Å². The molecule has 2 rings (SSSR count). The van der Waals surface area contributed by atoms with Crippen LogP contribution in [-0.4, -0.2) is 15.6 Å². The molecule has 0 fully saturated rings. The van der Waals surface area contributed by atoms with Crippen LogP contribution in [0.1, 0.15) is 15.9 Å². The van der Waals surface area contributed by atoms with Gasteiger partial charge in [0.25, 0.3) is 5.56 Å². The summed E-state index contributed by atoms with van der Waals surface area (Å²) >= 11 is 5.72. The predicted octanol–water partition coefficient (Wildman–Crippen LogP) is 2.50. The van der Waals surface area contributed by atoms with Crippen molar-refractivity contribution in [2.75, 3.05) is 0 Å². The first-order chi connectivity index (χ1) is 8.50. The lowest BCUT2D eigenvalue weighted by Gasteiger charge is -2.07. The lowest BCUT2D eigenvalue weighted by atomic mass is 10.2. The molecule has 0 saturated carbocycles. The van der Waals surface area contributed by atoms with Gasteiger partial charge >= 0.3 is 5.97 Å². The van der Waals surface area contributed by atoms with E-state index < -0.39 is 17.1 Å². The molecular formula is C13H10ClNO3. The van der Waals surface area contributed by atoms with Crippen LogP contribution in [0.4, 0.5) is 0 Å². The van der Waals surface area contributed by atoms with Gasteiger partial charge in [-0.25, -0.2) is 4.79 Å². The van der Waals surface area contributed by atoms with Gasteiger partial charge in [-0.15, -0.1) is 0 Å². The molecule has 0 aliphatic heterocycles. The zero-order chi connectivity index (χ0) is 13.3. The van der Waals surface area contributed by atoms with Gasteiger partial charge in [-0.05, 0) is 25.1 Å². The molecule has 0 aliphatic rings. The minimum absolute atomic E-state index is 0.0594. The third-order valence-corrected chi connectivity index (χ3v) is 2.88. The van der Waals surface area contributed by atoms with E-state index in [2.05, 4.69) is 0 Å². The van der Waals surface area contributed by atoms with Gasteiger partial charge in [0.15, 0.2) is 0 Å². The van der Waals surface area contributed by atoms with Gasteiger partial charge < -0.3 is 5.11 Å². The molecule has 0 aliphatic carbocycles. The third kappa shape index (κ3) is 2.15. The second kappa shape index (κ2) is 4.66. The lowest BCUT2D eigenvalue weighted by molar-refractivity contribution is 0.0695. The summed E-state index contributed by atoms with van der Waals surface area (Å²) in [5, 5.41) is 8.90. The highest BCUT2D eigenvalue weighted by Crippen LogP contribution is 2.14. The van der Waals surface area contributed by atoms with E-state index in [1.54, 1.807) is 12.1 Å². The molecule has 1 aromatic carbocycles. The Balaban J connectivity index is 2.67. The highest BCUT2D eigenvalue weighted by Gasteiger charge is 2.16. The van der Waals surface area contributed by atoms with Crippen LogP contribution >= 0.6 is 11.6 Å². The molecule has 2 aromatic rings. The zero-order valence-electron chi connectivity index (χ0n) is 9.55. The molecule has 0 spiro atoms. The fourth-order valence-electron chi connectivity index (χ4n) is 1.62. The summed E-state index contributed by atoms with van der Waals surface area (Å²) in [6.07, 6.45) is 1.46. The van der Waals surface area contributed by atoms with Crippen molar-refractivity contribution in [2.24, 2.45) is 0 Å². The van der Waals surface area contributed by atoms with Gasteiger partial charge in [0.2, 0.25) is 0 Å². The van der Waals surface area contributed by atoms with E-state index in [0.29, 0.717) is 5.69 Å². The number of aromatic carboxylic acids is 1. The molecule has 0 atom stereocenters. The molecule has 18 heavy (non-hydrogen) atoms. The van der Waals surface area contributed by atoms with Gasteiger partial charge in [-0.1, -0.05) is 29.3 Å². The topological polar surface area (TPSA) is 59.3 Å². The summed E-state index contributed by atoms with van der Waals surface area (Å²) in [5.74, 6) is -1.33. The van der Waals surface area contributed by atoms with Crippen LogP contribution in [0.3, 0.4) is 0 Å². The van der Waals surface area contributed by atoms with E-state index in [1.807, 2.05) is 19.1 Å². The summed E-state index contributed by atoms with van der Waals surface area (Å²) in [4.78, 5) is 23.0. The van der Waals surface area contributed by atoms with E-state index >= 15 is 0 Å². The monoisotopic (exact) mass is 263 g/mol. The first kappa shape index (κ1) is 12.4. The Kier molecular flexibility index (Phi) is 3.21. The highest BCUT2D eigenvalue weighted by molar-refractivity contribution is 6.33. The van der Waals surface area contributed by atoms with Crippen molar-refractivity contribution in [3.8, 4) is 5.69 Å². The zero-order valence-corrected chi connectivity index (χ0v) is 10.3. The van der Waals surface area contributed by atoms with E-state index in [-0.39, 0.29) is 5.02 Å². The molecule has 92 valence electrons.